The lowest BCUT2D eigenvalue weighted by Gasteiger charge is -2.08. The summed E-state index contributed by atoms with van der Waals surface area (Å²) in [6, 6.07) is 12.9. The first kappa shape index (κ1) is 17.8. The van der Waals surface area contributed by atoms with Crippen molar-refractivity contribution in [3.05, 3.63) is 69.8 Å². The van der Waals surface area contributed by atoms with Gasteiger partial charge in [0.15, 0.2) is 0 Å². The third kappa shape index (κ3) is 3.98. The van der Waals surface area contributed by atoms with E-state index in [0.29, 0.717) is 23.1 Å². The zero-order chi connectivity index (χ0) is 18.0. The van der Waals surface area contributed by atoms with E-state index in [1.807, 2.05) is 42.6 Å². The van der Waals surface area contributed by atoms with Crippen molar-refractivity contribution in [1.29, 1.82) is 0 Å². The van der Waals surface area contributed by atoms with Crippen LogP contribution >= 0.6 is 23.2 Å². The van der Waals surface area contributed by atoms with Gasteiger partial charge in [-0.3, -0.25) is 4.79 Å². The molecule has 0 aliphatic rings. The molecule has 4 nitrogen and oxygen atoms in total. The molecule has 1 unspecified atom stereocenters. The molecule has 0 fully saturated rings. The van der Waals surface area contributed by atoms with Gasteiger partial charge in [0, 0.05) is 40.2 Å². The van der Waals surface area contributed by atoms with Crippen LogP contribution in [-0.2, 0) is 17.9 Å². The Morgan fingerprint density at radius 1 is 1.20 bits per heavy atom. The van der Waals surface area contributed by atoms with Gasteiger partial charge in [0.05, 0.1) is 0 Å². The molecule has 2 N–H and O–H groups in total. The molecule has 6 heteroatoms. The summed E-state index contributed by atoms with van der Waals surface area (Å²) < 4.78 is 2.12. The SMILES string of the molecule is CC(NCc1cn(Cc2ccc(Cl)cc2Cl)c2ccccc12)C(=O)O. The van der Waals surface area contributed by atoms with Crippen LogP contribution < -0.4 is 5.32 Å². The number of halogens is 2. The molecule has 1 atom stereocenters. The normalized spacial score (nSPS) is 12.4. The number of aromatic nitrogens is 1. The summed E-state index contributed by atoms with van der Waals surface area (Å²) in [5, 5.41) is 14.4. The van der Waals surface area contributed by atoms with Crippen molar-refractivity contribution in [2.24, 2.45) is 0 Å². The van der Waals surface area contributed by atoms with E-state index in [-0.39, 0.29) is 0 Å². The predicted octanol–water partition coefficient (Wildman–Crippen LogP) is 4.56. The fraction of sp³-hybridized carbons (Fsp3) is 0.211. The minimum Gasteiger partial charge on any atom is -0.480 e. The number of para-hydroxylation sites is 1. The molecule has 130 valence electrons. The number of hydrogen-bond donors (Lipinski definition) is 2. The monoisotopic (exact) mass is 376 g/mol. The van der Waals surface area contributed by atoms with Crippen LogP contribution in [0.3, 0.4) is 0 Å². The Morgan fingerprint density at radius 3 is 2.68 bits per heavy atom. The quantitative estimate of drug-likeness (QED) is 0.662. The van der Waals surface area contributed by atoms with E-state index in [1.54, 1.807) is 13.0 Å². The van der Waals surface area contributed by atoms with Crippen molar-refractivity contribution in [3.8, 4) is 0 Å². The summed E-state index contributed by atoms with van der Waals surface area (Å²) in [7, 11) is 0. The van der Waals surface area contributed by atoms with Gasteiger partial charge in [-0.1, -0.05) is 47.5 Å². The fourth-order valence-electron chi connectivity index (χ4n) is 2.78. The van der Waals surface area contributed by atoms with Crippen LogP contribution in [0.25, 0.3) is 10.9 Å². The summed E-state index contributed by atoms with van der Waals surface area (Å²) in [4.78, 5) is 11.0. The maximum absolute atomic E-state index is 11.0. The number of benzene rings is 2. The molecule has 3 aromatic rings. The van der Waals surface area contributed by atoms with Crippen molar-refractivity contribution in [2.75, 3.05) is 0 Å². The number of carboxylic acids is 1. The van der Waals surface area contributed by atoms with Crippen LogP contribution in [0.5, 0.6) is 0 Å². The van der Waals surface area contributed by atoms with Crippen LogP contribution in [0.2, 0.25) is 10.0 Å². The third-order valence-corrected chi connectivity index (χ3v) is 4.78. The van der Waals surface area contributed by atoms with Crippen LogP contribution in [0.4, 0.5) is 0 Å². The molecule has 0 amide bonds. The second-order valence-corrected chi connectivity index (χ2v) is 6.82. The Balaban J connectivity index is 1.92. The van der Waals surface area contributed by atoms with E-state index in [4.69, 9.17) is 28.3 Å². The van der Waals surface area contributed by atoms with Gasteiger partial charge in [-0.25, -0.2) is 0 Å². The summed E-state index contributed by atoms with van der Waals surface area (Å²) >= 11 is 12.3. The zero-order valence-electron chi connectivity index (χ0n) is 13.7. The average molecular weight is 377 g/mol. The number of hydrogen-bond acceptors (Lipinski definition) is 2. The molecule has 25 heavy (non-hydrogen) atoms. The topological polar surface area (TPSA) is 54.3 Å². The summed E-state index contributed by atoms with van der Waals surface area (Å²) in [5.74, 6) is -0.864. The number of rotatable bonds is 6. The lowest BCUT2D eigenvalue weighted by molar-refractivity contribution is -0.139. The van der Waals surface area contributed by atoms with Gasteiger partial charge in [0.1, 0.15) is 6.04 Å². The molecule has 0 saturated heterocycles. The Labute approximate surface area is 156 Å². The number of nitrogens with one attached hydrogen (secondary N) is 1. The molecule has 0 spiro atoms. The Hall–Kier alpha value is -2.01. The van der Waals surface area contributed by atoms with E-state index in [0.717, 1.165) is 22.0 Å². The summed E-state index contributed by atoms with van der Waals surface area (Å²) in [6.07, 6.45) is 2.04. The number of nitrogens with zero attached hydrogens (tertiary/aromatic N) is 1. The number of fused-ring (bicyclic) bond motifs is 1. The minimum absolute atomic E-state index is 0.481. The van der Waals surface area contributed by atoms with Gasteiger partial charge in [0.2, 0.25) is 0 Å². The van der Waals surface area contributed by atoms with Gasteiger partial charge >= 0.3 is 5.97 Å². The van der Waals surface area contributed by atoms with Gasteiger partial charge < -0.3 is 15.0 Å². The zero-order valence-corrected chi connectivity index (χ0v) is 15.2. The number of aliphatic carboxylic acids is 1. The second kappa shape index (κ2) is 7.48. The average Bonchev–Trinajstić information content (AvgIpc) is 2.93. The van der Waals surface area contributed by atoms with Crippen molar-refractivity contribution in [3.63, 3.8) is 0 Å². The molecule has 3 rings (SSSR count). The first-order valence-electron chi connectivity index (χ1n) is 7.92. The van der Waals surface area contributed by atoms with Crippen molar-refractivity contribution >= 4 is 40.1 Å². The molecule has 0 aliphatic heterocycles. The van der Waals surface area contributed by atoms with E-state index in [9.17, 15) is 4.79 Å². The lowest BCUT2D eigenvalue weighted by atomic mass is 10.1. The van der Waals surface area contributed by atoms with Gasteiger partial charge in [-0.05, 0) is 36.2 Å². The van der Waals surface area contributed by atoms with E-state index in [2.05, 4.69) is 9.88 Å². The molecular formula is C19H18Cl2N2O2. The van der Waals surface area contributed by atoms with Gasteiger partial charge in [0.25, 0.3) is 0 Å². The van der Waals surface area contributed by atoms with Crippen LogP contribution in [0.15, 0.2) is 48.7 Å². The molecule has 0 radical (unpaired) electrons. The minimum atomic E-state index is -0.864. The van der Waals surface area contributed by atoms with Crippen molar-refractivity contribution in [1.82, 2.24) is 9.88 Å². The van der Waals surface area contributed by atoms with Crippen molar-refractivity contribution in [2.45, 2.75) is 26.1 Å². The number of carboxylic acid groups (broad SMARTS) is 1. The Kier molecular flexibility index (Phi) is 5.33. The highest BCUT2D eigenvalue weighted by Crippen LogP contribution is 2.26. The van der Waals surface area contributed by atoms with Gasteiger partial charge in [-0.2, -0.15) is 0 Å². The highest BCUT2D eigenvalue weighted by molar-refractivity contribution is 6.35. The maximum atomic E-state index is 11.0. The molecule has 1 heterocycles. The smallest absolute Gasteiger partial charge is 0.320 e. The third-order valence-electron chi connectivity index (χ3n) is 4.20. The van der Waals surface area contributed by atoms with Crippen LogP contribution in [0.1, 0.15) is 18.1 Å². The molecule has 0 aliphatic carbocycles. The first-order chi connectivity index (χ1) is 12.0. The second-order valence-electron chi connectivity index (χ2n) is 5.98. The largest absolute Gasteiger partial charge is 0.480 e. The molecule has 0 bridgehead atoms. The first-order valence-corrected chi connectivity index (χ1v) is 8.68. The standard InChI is InChI=1S/C19H18Cl2N2O2/c1-12(19(24)25)22-9-14-11-23(18-5-3-2-4-16(14)18)10-13-6-7-15(20)8-17(13)21/h2-8,11-12,22H,9-10H2,1H3,(H,24,25). The van der Waals surface area contributed by atoms with E-state index < -0.39 is 12.0 Å². The fourth-order valence-corrected chi connectivity index (χ4v) is 3.25. The molecule has 0 saturated carbocycles. The highest BCUT2D eigenvalue weighted by Gasteiger charge is 2.13. The molecular weight excluding hydrogens is 359 g/mol. The Morgan fingerprint density at radius 2 is 1.96 bits per heavy atom. The Bertz CT molecular complexity index is 921. The highest BCUT2D eigenvalue weighted by atomic mass is 35.5. The van der Waals surface area contributed by atoms with Gasteiger partial charge in [-0.15, -0.1) is 0 Å². The van der Waals surface area contributed by atoms with E-state index >= 15 is 0 Å². The number of carbonyl (C=O) groups is 1. The molecule has 1 aromatic heterocycles. The summed E-state index contributed by atoms with van der Waals surface area (Å²) in [6.45, 7) is 2.73. The lowest BCUT2D eigenvalue weighted by Crippen LogP contribution is -2.33. The van der Waals surface area contributed by atoms with E-state index in [1.165, 1.54) is 0 Å². The van der Waals surface area contributed by atoms with Crippen LogP contribution in [0, 0.1) is 0 Å². The predicted molar refractivity (Wildman–Crippen MR) is 101 cm³/mol. The van der Waals surface area contributed by atoms with Crippen molar-refractivity contribution < 1.29 is 9.90 Å². The summed E-state index contributed by atoms with van der Waals surface area (Å²) in [5.41, 5.74) is 3.10. The molecule has 2 aromatic carbocycles. The van der Waals surface area contributed by atoms with Crippen LogP contribution in [-0.4, -0.2) is 21.7 Å². The maximum Gasteiger partial charge on any atom is 0.320 e.